The van der Waals surface area contributed by atoms with E-state index in [2.05, 4.69) is 5.32 Å². The molecule has 0 aromatic heterocycles. The maximum absolute atomic E-state index is 13.5. The Morgan fingerprint density at radius 1 is 0.947 bits per heavy atom. The van der Waals surface area contributed by atoms with E-state index in [4.69, 9.17) is 0 Å². The Hall–Kier alpha value is -1.81. The highest BCUT2D eigenvalue weighted by molar-refractivity contribution is 5.22. The number of hydrogen-bond donors (Lipinski definition) is 1. The van der Waals surface area contributed by atoms with Gasteiger partial charge in [0.25, 0.3) is 0 Å². The van der Waals surface area contributed by atoms with Crippen molar-refractivity contribution in [3.63, 3.8) is 0 Å². The fraction of sp³-hybridized carbons (Fsp3) is 0.200. The third kappa shape index (κ3) is 3.58. The SMILES string of the molecule is CC(NCc1ccc(F)cc1)c1cc(F)ccc1F. The third-order valence-electron chi connectivity index (χ3n) is 2.95. The monoisotopic (exact) mass is 265 g/mol. The lowest BCUT2D eigenvalue weighted by Crippen LogP contribution is -2.19. The van der Waals surface area contributed by atoms with Crippen LogP contribution >= 0.6 is 0 Å². The summed E-state index contributed by atoms with van der Waals surface area (Å²) in [6, 6.07) is 9.08. The molecule has 0 spiro atoms. The van der Waals surface area contributed by atoms with Crippen LogP contribution in [0.15, 0.2) is 42.5 Å². The van der Waals surface area contributed by atoms with Crippen molar-refractivity contribution in [3.8, 4) is 0 Å². The van der Waals surface area contributed by atoms with E-state index < -0.39 is 11.6 Å². The van der Waals surface area contributed by atoms with Crippen LogP contribution in [0.1, 0.15) is 24.1 Å². The summed E-state index contributed by atoms with van der Waals surface area (Å²) < 4.78 is 39.4. The Labute approximate surface area is 110 Å². The summed E-state index contributed by atoms with van der Waals surface area (Å²) in [6.07, 6.45) is 0. The Morgan fingerprint density at radius 2 is 1.58 bits per heavy atom. The quantitative estimate of drug-likeness (QED) is 0.882. The Balaban J connectivity index is 2.03. The topological polar surface area (TPSA) is 12.0 Å². The molecule has 0 radical (unpaired) electrons. The third-order valence-corrected chi connectivity index (χ3v) is 2.95. The van der Waals surface area contributed by atoms with Gasteiger partial charge < -0.3 is 5.32 Å². The molecule has 2 rings (SSSR count). The zero-order chi connectivity index (χ0) is 13.8. The zero-order valence-electron chi connectivity index (χ0n) is 10.5. The van der Waals surface area contributed by atoms with E-state index in [1.54, 1.807) is 19.1 Å². The van der Waals surface area contributed by atoms with Crippen molar-refractivity contribution in [1.82, 2.24) is 5.32 Å². The van der Waals surface area contributed by atoms with Gasteiger partial charge in [0.2, 0.25) is 0 Å². The molecule has 0 bridgehead atoms. The molecular weight excluding hydrogens is 251 g/mol. The maximum Gasteiger partial charge on any atom is 0.128 e. The summed E-state index contributed by atoms with van der Waals surface area (Å²) in [5, 5.41) is 3.07. The van der Waals surface area contributed by atoms with Crippen molar-refractivity contribution >= 4 is 0 Å². The summed E-state index contributed by atoms with van der Waals surface area (Å²) >= 11 is 0. The second-order valence-electron chi connectivity index (χ2n) is 4.39. The highest BCUT2D eigenvalue weighted by atomic mass is 19.1. The first-order chi connectivity index (χ1) is 9.06. The highest BCUT2D eigenvalue weighted by Gasteiger charge is 2.11. The lowest BCUT2D eigenvalue weighted by molar-refractivity contribution is 0.518. The van der Waals surface area contributed by atoms with Gasteiger partial charge in [-0.25, -0.2) is 13.2 Å². The molecule has 1 atom stereocenters. The van der Waals surface area contributed by atoms with Crippen molar-refractivity contribution in [2.45, 2.75) is 19.5 Å². The first-order valence-corrected chi connectivity index (χ1v) is 5.99. The normalized spacial score (nSPS) is 12.4. The minimum atomic E-state index is -0.466. The standard InChI is InChI=1S/C15H14F3N/c1-10(14-8-13(17)6-7-15(14)18)19-9-11-2-4-12(16)5-3-11/h2-8,10,19H,9H2,1H3. The van der Waals surface area contributed by atoms with Gasteiger partial charge in [0.15, 0.2) is 0 Å². The maximum atomic E-state index is 13.5. The van der Waals surface area contributed by atoms with Gasteiger partial charge in [-0.15, -0.1) is 0 Å². The summed E-state index contributed by atoms with van der Waals surface area (Å²) in [4.78, 5) is 0. The lowest BCUT2D eigenvalue weighted by atomic mass is 10.1. The molecule has 0 aliphatic carbocycles. The summed E-state index contributed by atoms with van der Waals surface area (Å²) in [5.41, 5.74) is 1.16. The van der Waals surface area contributed by atoms with Crippen LogP contribution in [0.5, 0.6) is 0 Å². The van der Waals surface area contributed by atoms with E-state index in [1.165, 1.54) is 18.2 Å². The molecule has 1 N–H and O–H groups in total. The van der Waals surface area contributed by atoms with Crippen molar-refractivity contribution in [2.24, 2.45) is 0 Å². The molecule has 0 aliphatic heterocycles. The summed E-state index contributed by atoms with van der Waals surface area (Å²) in [7, 11) is 0. The molecule has 0 saturated carbocycles. The van der Waals surface area contributed by atoms with Gasteiger partial charge in [0, 0.05) is 18.2 Å². The van der Waals surface area contributed by atoms with E-state index >= 15 is 0 Å². The van der Waals surface area contributed by atoms with Crippen LogP contribution in [-0.2, 0) is 6.54 Å². The second-order valence-corrected chi connectivity index (χ2v) is 4.39. The molecule has 1 nitrogen and oxygen atoms in total. The Kier molecular flexibility index (Phi) is 4.22. The molecule has 2 aromatic carbocycles. The first-order valence-electron chi connectivity index (χ1n) is 5.99. The minimum absolute atomic E-state index is 0.280. The van der Waals surface area contributed by atoms with E-state index in [0.717, 1.165) is 17.7 Å². The highest BCUT2D eigenvalue weighted by Crippen LogP contribution is 2.18. The molecule has 0 heterocycles. The zero-order valence-corrected chi connectivity index (χ0v) is 10.5. The van der Waals surface area contributed by atoms with Crippen LogP contribution < -0.4 is 5.32 Å². The fourth-order valence-corrected chi connectivity index (χ4v) is 1.83. The van der Waals surface area contributed by atoms with Crippen molar-refractivity contribution in [1.29, 1.82) is 0 Å². The van der Waals surface area contributed by atoms with Crippen LogP contribution in [0.2, 0.25) is 0 Å². The van der Waals surface area contributed by atoms with E-state index in [0.29, 0.717) is 6.54 Å². The molecule has 0 fully saturated rings. The molecular formula is C15H14F3N. The summed E-state index contributed by atoms with van der Waals surface area (Å²) in [6.45, 7) is 2.21. The molecule has 1 unspecified atom stereocenters. The lowest BCUT2D eigenvalue weighted by Gasteiger charge is -2.15. The molecule has 100 valence electrons. The van der Waals surface area contributed by atoms with Gasteiger partial charge in [-0.1, -0.05) is 12.1 Å². The van der Waals surface area contributed by atoms with Crippen molar-refractivity contribution < 1.29 is 13.2 Å². The molecule has 0 amide bonds. The molecule has 19 heavy (non-hydrogen) atoms. The van der Waals surface area contributed by atoms with E-state index in [9.17, 15) is 13.2 Å². The fourth-order valence-electron chi connectivity index (χ4n) is 1.83. The molecule has 2 aromatic rings. The average Bonchev–Trinajstić information content (AvgIpc) is 2.40. The number of benzene rings is 2. The van der Waals surface area contributed by atoms with Crippen LogP contribution in [0, 0.1) is 17.5 Å². The van der Waals surface area contributed by atoms with Gasteiger partial charge in [0.1, 0.15) is 17.5 Å². The van der Waals surface area contributed by atoms with Crippen molar-refractivity contribution in [2.75, 3.05) is 0 Å². The van der Waals surface area contributed by atoms with Crippen LogP contribution in [0.3, 0.4) is 0 Å². The first kappa shape index (κ1) is 13.6. The van der Waals surface area contributed by atoms with Crippen LogP contribution in [-0.4, -0.2) is 0 Å². The Morgan fingerprint density at radius 3 is 2.26 bits per heavy atom. The van der Waals surface area contributed by atoms with Gasteiger partial charge in [-0.2, -0.15) is 0 Å². The largest absolute Gasteiger partial charge is 0.306 e. The van der Waals surface area contributed by atoms with Crippen LogP contribution in [0.25, 0.3) is 0 Å². The second kappa shape index (κ2) is 5.89. The minimum Gasteiger partial charge on any atom is -0.306 e. The number of nitrogens with one attached hydrogen (secondary N) is 1. The van der Waals surface area contributed by atoms with Gasteiger partial charge in [0.05, 0.1) is 0 Å². The van der Waals surface area contributed by atoms with Gasteiger partial charge >= 0.3 is 0 Å². The smallest absolute Gasteiger partial charge is 0.128 e. The predicted molar refractivity (Wildman–Crippen MR) is 68.0 cm³/mol. The van der Waals surface area contributed by atoms with E-state index in [1.807, 2.05) is 0 Å². The summed E-state index contributed by atoms with van der Waals surface area (Å²) in [5.74, 6) is -1.21. The number of rotatable bonds is 4. The van der Waals surface area contributed by atoms with Gasteiger partial charge in [-0.05, 0) is 42.8 Å². The predicted octanol–water partition coefficient (Wildman–Crippen LogP) is 3.95. The number of halogens is 3. The number of hydrogen-bond acceptors (Lipinski definition) is 1. The average molecular weight is 265 g/mol. The van der Waals surface area contributed by atoms with Crippen LogP contribution in [0.4, 0.5) is 13.2 Å². The molecule has 4 heteroatoms. The van der Waals surface area contributed by atoms with Crippen molar-refractivity contribution in [3.05, 3.63) is 71.0 Å². The molecule has 0 saturated heterocycles. The Bertz CT molecular complexity index is 552. The van der Waals surface area contributed by atoms with Gasteiger partial charge in [-0.3, -0.25) is 0 Å². The molecule has 0 aliphatic rings. The van der Waals surface area contributed by atoms with E-state index in [-0.39, 0.29) is 17.4 Å².